The van der Waals surface area contributed by atoms with Crippen LogP contribution in [0.4, 0.5) is 0 Å². The van der Waals surface area contributed by atoms with Crippen molar-refractivity contribution < 1.29 is 14.7 Å². The van der Waals surface area contributed by atoms with Crippen LogP contribution in [-0.4, -0.2) is 44.8 Å². The van der Waals surface area contributed by atoms with Crippen molar-refractivity contribution in [3.8, 4) is 0 Å². The van der Waals surface area contributed by atoms with E-state index in [0.29, 0.717) is 17.8 Å². The lowest BCUT2D eigenvalue weighted by Crippen LogP contribution is -2.36. The van der Waals surface area contributed by atoms with Crippen molar-refractivity contribution in [3.05, 3.63) is 17.5 Å². The van der Waals surface area contributed by atoms with Gasteiger partial charge in [0.25, 0.3) is 5.91 Å². The van der Waals surface area contributed by atoms with Crippen molar-refractivity contribution >= 4 is 11.9 Å². The van der Waals surface area contributed by atoms with Gasteiger partial charge in [0.05, 0.1) is 17.2 Å². The molecule has 0 aliphatic carbocycles. The summed E-state index contributed by atoms with van der Waals surface area (Å²) in [6, 6.07) is 0. The Morgan fingerprint density at radius 3 is 2.56 bits per heavy atom. The molecule has 0 spiro atoms. The highest BCUT2D eigenvalue weighted by molar-refractivity contribution is 5.95. The summed E-state index contributed by atoms with van der Waals surface area (Å²) in [5.41, 5.74) is 1.18. The number of aliphatic carboxylic acids is 1. The van der Waals surface area contributed by atoms with E-state index in [2.05, 4.69) is 5.10 Å². The van der Waals surface area contributed by atoms with Gasteiger partial charge in [0.15, 0.2) is 0 Å². The predicted molar refractivity (Wildman–Crippen MR) is 66.3 cm³/mol. The van der Waals surface area contributed by atoms with Gasteiger partial charge in [0.2, 0.25) is 0 Å². The Balaban J connectivity index is 2.86. The normalized spacial score (nSPS) is 12.2. The van der Waals surface area contributed by atoms with E-state index in [-0.39, 0.29) is 12.5 Å². The molecule has 1 unspecified atom stereocenters. The van der Waals surface area contributed by atoms with E-state index in [1.165, 1.54) is 4.90 Å². The lowest BCUT2D eigenvalue weighted by atomic mass is 10.1. The molecule has 1 amide bonds. The minimum absolute atomic E-state index is 0.170. The second-order valence-electron chi connectivity index (χ2n) is 4.38. The summed E-state index contributed by atoms with van der Waals surface area (Å²) in [6.45, 7) is 5.87. The largest absolute Gasteiger partial charge is 0.481 e. The zero-order valence-corrected chi connectivity index (χ0v) is 11.2. The van der Waals surface area contributed by atoms with Gasteiger partial charge in [-0.15, -0.1) is 0 Å². The van der Waals surface area contributed by atoms with E-state index >= 15 is 0 Å². The van der Waals surface area contributed by atoms with E-state index in [1.54, 1.807) is 31.8 Å². The van der Waals surface area contributed by atoms with Gasteiger partial charge in [-0.05, 0) is 13.8 Å². The molecule has 1 rings (SSSR count). The van der Waals surface area contributed by atoms with E-state index < -0.39 is 11.9 Å². The molecular formula is C12H19N3O3. The zero-order valence-electron chi connectivity index (χ0n) is 11.2. The van der Waals surface area contributed by atoms with Crippen molar-refractivity contribution in [1.82, 2.24) is 14.7 Å². The van der Waals surface area contributed by atoms with Crippen molar-refractivity contribution in [3.63, 3.8) is 0 Å². The number of hydrogen-bond acceptors (Lipinski definition) is 3. The highest BCUT2D eigenvalue weighted by Gasteiger charge is 2.22. The molecule has 1 N–H and O–H groups in total. The highest BCUT2D eigenvalue weighted by Crippen LogP contribution is 2.11. The predicted octanol–water partition coefficient (Wildman–Crippen LogP) is 0.911. The Morgan fingerprint density at radius 2 is 2.17 bits per heavy atom. The molecule has 1 atom stereocenters. The van der Waals surface area contributed by atoms with Gasteiger partial charge < -0.3 is 10.0 Å². The summed E-state index contributed by atoms with van der Waals surface area (Å²) < 4.78 is 1.58. The third-order valence-corrected chi connectivity index (χ3v) is 2.83. The molecule has 0 aliphatic rings. The summed E-state index contributed by atoms with van der Waals surface area (Å²) in [5, 5.41) is 13.0. The maximum atomic E-state index is 12.2. The van der Waals surface area contributed by atoms with Gasteiger partial charge in [-0.2, -0.15) is 5.10 Å². The minimum Gasteiger partial charge on any atom is -0.481 e. The number of aromatic nitrogens is 2. The molecule has 1 aromatic heterocycles. The summed E-state index contributed by atoms with van der Waals surface area (Å²) in [4.78, 5) is 24.6. The highest BCUT2D eigenvalue weighted by atomic mass is 16.4. The van der Waals surface area contributed by atoms with Crippen LogP contribution in [0.1, 0.15) is 29.9 Å². The van der Waals surface area contributed by atoms with Crippen LogP contribution >= 0.6 is 0 Å². The third kappa shape index (κ3) is 3.09. The molecular weight excluding hydrogens is 234 g/mol. The van der Waals surface area contributed by atoms with Crippen LogP contribution in [0.2, 0.25) is 0 Å². The first-order chi connectivity index (χ1) is 8.36. The number of carboxylic acids is 1. The van der Waals surface area contributed by atoms with Gasteiger partial charge in [-0.1, -0.05) is 6.92 Å². The lowest BCUT2D eigenvalue weighted by Gasteiger charge is -2.22. The van der Waals surface area contributed by atoms with E-state index in [4.69, 9.17) is 5.11 Å². The molecule has 6 heteroatoms. The van der Waals surface area contributed by atoms with Crippen LogP contribution < -0.4 is 0 Å². The quantitative estimate of drug-likeness (QED) is 0.846. The fourth-order valence-electron chi connectivity index (χ4n) is 1.74. The fourth-order valence-corrected chi connectivity index (χ4v) is 1.74. The first kappa shape index (κ1) is 14.2. The molecule has 0 radical (unpaired) electrons. The smallest absolute Gasteiger partial charge is 0.308 e. The lowest BCUT2D eigenvalue weighted by molar-refractivity contribution is -0.141. The van der Waals surface area contributed by atoms with Crippen LogP contribution in [0, 0.1) is 12.8 Å². The van der Waals surface area contributed by atoms with Crippen LogP contribution in [0.3, 0.4) is 0 Å². The Kier molecular flexibility index (Phi) is 4.47. The second-order valence-corrected chi connectivity index (χ2v) is 4.38. The number of aryl methyl sites for hydroxylation is 2. The Morgan fingerprint density at radius 1 is 1.56 bits per heavy atom. The van der Waals surface area contributed by atoms with Crippen LogP contribution in [0.15, 0.2) is 6.20 Å². The third-order valence-electron chi connectivity index (χ3n) is 2.83. The zero-order chi connectivity index (χ0) is 13.9. The number of hydrogen-bond donors (Lipinski definition) is 1. The standard InChI is InChI=1S/C12H19N3O3/c1-5-15(6-8(2)12(17)18)11(16)10-7-14(4)13-9(10)3/h7-8H,5-6H2,1-4H3,(H,17,18). The molecule has 6 nitrogen and oxygen atoms in total. The van der Waals surface area contributed by atoms with Gasteiger partial charge in [0.1, 0.15) is 0 Å². The molecule has 0 saturated heterocycles. The number of carboxylic acid groups (broad SMARTS) is 1. The average molecular weight is 253 g/mol. The topological polar surface area (TPSA) is 75.4 Å². The van der Waals surface area contributed by atoms with Gasteiger partial charge in [-0.25, -0.2) is 0 Å². The van der Waals surface area contributed by atoms with Crippen molar-refractivity contribution in [2.75, 3.05) is 13.1 Å². The Labute approximate surface area is 106 Å². The number of rotatable bonds is 5. The summed E-state index contributed by atoms with van der Waals surface area (Å²) >= 11 is 0. The SMILES string of the molecule is CCN(CC(C)C(=O)O)C(=O)c1cn(C)nc1C. The minimum atomic E-state index is -0.899. The first-order valence-electron chi connectivity index (χ1n) is 5.89. The second kappa shape index (κ2) is 5.66. The van der Waals surface area contributed by atoms with Gasteiger partial charge in [0, 0.05) is 26.3 Å². The summed E-state index contributed by atoms with van der Waals surface area (Å²) in [6.07, 6.45) is 1.66. The van der Waals surface area contributed by atoms with Crippen molar-refractivity contribution in [2.45, 2.75) is 20.8 Å². The van der Waals surface area contributed by atoms with Crippen LogP contribution in [0.25, 0.3) is 0 Å². The molecule has 0 aliphatic heterocycles. The van der Waals surface area contributed by atoms with E-state index in [0.717, 1.165) is 0 Å². The number of amides is 1. The Bertz CT molecular complexity index is 453. The number of carbonyl (C=O) groups is 2. The fraction of sp³-hybridized carbons (Fsp3) is 0.583. The maximum absolute atomic E-state index is 12.2. The molecule has 100 valence electrons. The van der Waals surface area contributed by atoms with Crippen molar-refractivity contribution in [2.24, 2.45) is 13.0 Å². The molecule has 0 saturated carbocycles. The molecule has 0 aromatic carbocycles. The Hall–Kier alpha value is -1.85. The molecule has 0 fully saturated rings. The maximum Gasteiger partial charge on any atom is 0.308 e. The molecule has 1 heterocycles. The van der Waals surface area contributed by atoms with E-state index in [1.807, 2.05) is 6.92 Å². The molecule has 0 bridgehead atoms. The van der Waals surface area contributed by atoms with Crippen molar-refractivity contribution in [1.29, 1.82) is 0 Å². The van der Waals surface area contributed by atoms with Gasteiger partial charge in [-0.3, -0.25) is 14.3 Å². The number of nitrogens with zero attached hydrogens (tertiary/aromatic N) is 3. The summed E-state index contributed by atoms with van der Waals surface area (Å²) in [5.74, 6) is -1.65. The summed E-state index contributed by atoms with van der Waals surface area (Å²) in [7, 11) is 1.75. The van der Waals surface area contributed by atoms with E-state index in [9.17, 15) is 9.59 Å². The monoisotopic (exact) mass is 253 g/mol. The number of carbonyl (C=O) groups excluding carboxylic acids is 1. The van der Waals surface area contributed by atoms with Crippen LogP contribution in [0.5, 0.6) is 0 Å². The molecule has 1 aromatic rings. The van der Waals surface area contributed by atoms with Gasteiger partial charge >= 0.3 is 5.97 Å². The molecule has 18 heavy (non-hydrogen) atoms. The average Bonchev–Trinajstić information content (AvgIpc) is 2.63. The first-order valence-corrected chi connectivity index (χ1v) is 5.89. The van der Waals surface area contributed by atoms with Crippen LogP contribution in [-0.2, 0) is 11.8 Å².